The summed E-state index contributed by atoms with van der Waals surface area (Å²) in [5.74, 6) is -0.478. The number of rotatable bonds is 3. The number of aromatic nitrogens is 3. The highest BCUT2D eigenvalue weighted by Crippen LogP contribution is 2.25. The van der Waals surface area contributed by atoms with E-state index in [1.807, 2.05) is 0 Å². The molecular formula is C10H16N4O2. The second-order valence-corrected chi connectivity index (χ2v) is 4.22. The lowest BCUT2D eigenvalue weighted by Crippen LogP contribution is -2.32. The van der Waals surface area contributed by atoms with Crippen LogP contribution in [0.5, 0.6) is 0 Å². The van der Waals surface area contributed by atoms with E-state index in [9.17, 15) is 4.79 Å². The number of nitrogens with zero attached hydrogens (tertiary/aromatic N) is 3. The van der Waals surface area contributed by atoms with Crippen LogP contribution >= 0.6 is 0 Å². The first-order valence-corrected chi connectivity index (χ1v) is 5.54. The number of carboxylic acids is 1. The van der Waals surface area contributed by atoms with Gasteiger partial charge in [0, 0.05) is 0 Å². The molecule has 2 heterocycles. The third kappa shape index (κ3) is 2.21. The Labute approximate surface area is 93.6 Å². The van der Waals surface area contributed by atoms with Crippen molar-refractivity contribution in [1.82, 2.24) is 20.3 Å². The molecule has 16 heavy (non-hydrogen) atoms. The van der Waals surface area contributed by atoms with Crippen LogP contribution in [0.3, 0.4) is 0 Å². The zero-order chi connectivity index (χ0) is 11.5. The molecule has 6 nitrogen and oxygen atoms in total. The first kappa shape index (κ1) is 11.1. The normalized spacial score (nSPS) is 19.6. The predicted molar refractivity (Wildman–Crippen MR) is 57.3 cm³/mol. The highest BCUT2D eigenvalue weighted by molar-refractivity contribution is 5.84. The number of carbonyl (C=O) groups is 1. The Bertz CT molecular complexity index is 371. The Hall–Kier alpha value is -1.43. The van der Waals surface area contributed by atoms with Gasteiger partial charge in [-0.05, 0) is 38.8 Å². The Kier molecular flexibility index (Phi) is 3.19. The molecule has 1 aromatic rings. The van der Waals surface area contributed by atoms with E-state index in [1.165, 1.54) is 6.20 Å². The molecule has 1 aliphatic heterocycles. The lowest BCUT2D eigenvalue weighted by Gasteiger charge is -2.27. The molecule has 6 heteroatoms. The van der Waals surface area contributed by atoms with Gasteiger partial charge in [-0.15, -0.1) is 5.10 Å². The van der Waals surface area contributed by atoms with Gasteiger partial charge in [0.1, 0.15) is 0 Å². The molecule has 2 rings (SSSR count). The Morgan fingerprint density at radius 1 is 1.62 bits per heavy atom. The van der Waals surface area contributed by atoms with Crippen LogP contribution in [-0.2, 0) is 0 Å². The molecule has 0 saturated carbocycles. The molecule has 1 atom stereocenters. The minimum Gasteiger partial charge on any atom is -0.476 e. The van der Waals surface area contributed by atoms with Crippen molar-refractivity contribution in [3.05, 3.63) is 11.9 Å². The number of hydrogen-bond donors (Lipinski definition) is 2. The molecule has 0 bridgehead atoms. The van der Waals surface area contributed by atoms with Gasteiger partial charge < -0.3 is 10.4 Å². The Balaban J connectivity index is 2.07. The van der Waals surface area contributed by atoms with Crippen molar-refractivity contribution in [2.45, 2.75) is 25.8 Å². The van der Waals surface area contributed by atoms with E-state index in [0.29, 0.717) is 5.92 Å². The SMILES string of the molecule is C[C@@H](C1CCNCC1)n1cc(C(=O)O)nn1. The largest absolute Gasteiger partial charge is 0.476 e. The average Bonchev–Trinajstić information content (AvgIpc) is 2.78. The third-order valence-electron chi connectivity index (χ3n) is 3.21. The number of hydrogen-bond acceptors (Lipinski definition) is 4. The fraction of sp³-hybridized carbons (Fsp3) is 0.700. The fourth-order valence-electron chi connectivity index (χ4n) is 2.12. The fourth-order valence-corrected chi connectivity index (χ4v) is 2.12. The first-order chi connectivity index (χ1) is 7.68. The quantitative estimate of drug-likeness (QED) is 0.783. The summed E-state index contributed by atoms with van der Waals surface area (Å²) in [5, 5.41) is 19.6. The number of aromatic carboxylic acids is 1. The molecule has 1 aliphatic rings. The van der Waals surface area contributed by atoms with Gasteiger partial charge in [0.2, 0.25) is 0 Å². The minimum absolute atomic E-state index is 0.0146. The summed E-state index contributed by atoms with van der Waals surface area (Å²) >= 11 is 0. The topological polar surface area (TPSA) is 80.0 Å². The van der Waals surface area contributed by atoms with Crippen molar-refractivity contribution in [2.24, 2.45) is 5.92 Å². The van der Waals surface area contributed by atoms with Crippen molar-refractivity contribution in [3.8, 4) is 0 Å². The maximum absolute atomic E-state index is 10.7. The van der Waals surface area contributed by atoms with Crippen LogP contribution in [0, 0.1) is 5.92 Å². The average molecular weight is 224 g/mol. The number of carboxylic acid groups (broad SMARTS) is 1. The molecule has 0 aromatic carbocycles. The van der Waals surface area contributed by atoms with Crippen LogP contribution in [-0.4, -0.2) is 39.2 Å². The smallest absolute Gasteiger partial charge is 0.358 e. The number of nitrogens with one attached hydrogen (secondary N) is 1. The van der Waals surface area contributed by atoms with Gasteiger partial charge in [0.25, 0.3) is 0 Å². The van der Waals surface area contributed by atoms with E-state index >= 15 is 0 Å². The molecule has 0 unspecified atom stereocenters. The van der Waals surface area contributed by atoms with E-state index in [2.05, 4.69) is 22.6 Å². The standard InChI is InChI=1S/C10H16N4O2/c1-7(8-2-4-11-5-3-8)14-6-9(10(15)16)12-13-14/h6-8,11H,2-5H2,1H3,(H,15,16)/t7-/m0/s1. The summed E-state index contributed by atoms with van der Waals surface area (Å²) in [4.78, 5) is 10.7. The van der Waals surface area contributed by atoms with E-state index in [-0.39, 0.29) is 11.7 Å². The molecule has 0 aliphatic carbocycles. The van der Waals surface area contributed by atoms with Gasteiger partial charge in [-0.25, -0.2) is 9.48 Å². The molecule has 88 valence electrons. The summed E-state index contributed by atoms with van der Waals surface area (Å²) in [7, 11) is 0. The number of piperidine rings is 1. The Morgan fingerprint density at radius 3 is 2.88 bits per heavy atom. The maximum Gasteiger partial charge on any atom is 0.358 e. The lowest BCUT2D eigenvalue weighted by atomic mass is 9.91. The summed E-state index contributed by atoms with van der Waals surface area (Å²) in [5.41, 5.74) is 0.0146. The zero-order valence-corrected chi connectivity index (χ0v) is 9.26. The molecule has 0 amide bonds. The van der Waals surface area contributed by atoms with Crippen LogP contribution in [0.25, 0.3) is 0 Å². The maximum atomic E-state index is 10.7. The van der Waals surface area contributed by atoms with E-state index in [1.54, 1.807) is 4.68 Å². The highest BCUT2D eigenvalue weighted by Gasteiger charge is 2.22. The van der Waals surface area contributed by atoms with Crippen molar-refractivity contribution >= 4 is 5.97 Å². The van der Waals surface area contributed by atoms with E-state index < -0.39 is 5.97 Å². The molecule has 1 saturated heterocycles. The first-order valence-electron chi connectivity index (χ1n) is 5.54. The highest BCUT2D eigenvalue weighted by atomic mass is 16.4. The monoisotopic (exact) mass is 224 g/mol. The second-order valence-electron chi connectivity index (χ2n) is 4.22. The van der Waals surface area contributed by atoms with Crippen molar-refractivity contribution in [2.75, 3.05) is 13.1 Å². The van der Waals surface area contributed by atoms with Gasteiger partial charge in [-0.1, -0.05) is 5.21 Å². The van der Waals surface area contributed by atoms with Gasteiger partial charge >= 0.3 is 5.97 Å². The third-order valence-corrected chi connectivity index (χ3v) is 3.21. The van der Waals surface area contributed by atoms with Crippen LogP contribution in [0.15, 0.2) is 6.20 Å². The summed E-state index contributed by atoms with van der Waals surface area (Å²) in [6.45, 7) is 4.11. The van der Waals surface area contributed by atoms with Gasteiger partial charge in [0.15, 0.2) is 5.69 Å². The summed E-state index contributed by atoms with van der Waals surface area (Å²) < 4.78 is 1.67. The molecule has 0 spiro atoms. The molecule has 2 N–H and O–H groups in total. The van der Waals surface area contributed by atoms with Crippen LogP contribution in [0.1, 0.15) is 36.3 Å². The lowest BCUT2D eigenvalue weighted by molar-refractivity contribution is 0.0690. The van der Waals surface area contributed by atoms with Crippen molar-refractivity contribution in [3.63, 3.8) is 0 Å². The summed E-state index contributed by atoms with van der Waals surface area (Å²) in [6, 6.07) is 0.211. The molecule has 1 aromatic heterocycles. The van der Waals surface area contributed by atoms with Gasteiger partial charge in [0.05, 0.1) is 12.2 Å². The molecule has 0 radical (unpaired) electrons. The van der Waals surface area contributed by atoms with E-state index in [0.717, 1.165) is 25.9 Å². The zero-order valence-electron chi connectivity index (χ0n) is 9.26. The molecule has 1 fully saturated rings. The minimum atomic E-state index is -1.02. The Morgan fingerprint density at radius 2 is 2.31 bits per heavy atom. The second kappa shape index (κ2) is 4.61. The van der Waals surface area contributed by atoms with Gasteiger partial charge in [-0.2, -0.15) is 0 Å². The van der Waals surface area contributed by atoms with Crippen LogP contribution < -0.4 is 5.32 Å². The molecular weight excluding hydrogens is 208 g/mol. The predicted octanol–water partition coefficient (Wildman–Crippen LogP) is 0.537. The van der Waals surface area contributed by atoms with E-state index in [4.69, 9.17) is 5.11 Å². The van der Waals surface area contributed by atoms with Crippen LogP contribution in [0.4, 0.5) is 0 Å². The van der Waals surface area contributed by atoms with Crippen molar-refractivity contribution in [1.29, 1.82) is 0 Å². The summed E-state index contributed by atoms with van der Waals surface area (Å²) in [6.07, 6.45) is 3.71. The van der Waals surface area contributed by atoms with Gasteiger partial charge in [-0.3, -0.25) is 0 Å². The van der Waals surface area contributed by atoms with Crippen molar-refractivity contribution < 1.29 is 9.90 Å². The van der Waals surface area contributed by atoms with Crippen LogP contribution in [0.2, 0.25) is 0 Å².